The number of esters is 1. The predicted molar refractivity (Wildman–Crippen MR) is 160 cm³/mol. The molecule has 7 atom stereocenters. The summed E-state index contributed by atoms with van der Waals surface area (Å²) in [4.78, 5) is 36.3. The molecule has 5 N–H and O–H groups in total. The van der Waals surface area contributed by atoms with Crippen molar-refractivity contribution in [3.63, 3.8) is 0 Å². The number of hydrogen-bond donors (Lipinski definition) is 3. The van der Waals surface area contributed by atoms with E-state index in [0.29, 0.717) is 32.6 Å². The number of ether oxygens (including phenoxy) is 3. The summed E-state index contributed by atoms with van der Waals surface area (Å²) in [6.45, 7) is 6.46. The lowest BCUT2D eigenvalue weighted by molar-refractivity contribution is -0.194. The van der Waals surface area contributed by atoms with Gasteiger partial charge in [-0.1, -0.05) is 19.1 Å². The fraction of sp³-hybridized carbons (Fsp3) is 0.839. The van der Waals surface area contributed by atoms with Crippen LogP contribution in [-0.4, -0.2) is 96.2 Å². The number of allylic oxidation sites excluding steroid dienone is 1. The quantitative estimate of drug-likeness (QED) is 0.245. The monoisotopic (exact) mass is 588 g/mol. The van der Waals surface area contributed by atoms with Crippen molar-refractivity contribution >= 4 is 17.8 Å². The Bertz CT molecular complexity index is 1020. The van der Waals surface area contributed by atoms with Crippen molar-refractivity contribution in [2.24, 2.45) is 22.4 Å². The molecule has 0 aromatic carbocycles. The van der Waals surface area contributed by atoms with E-state index in [1.165, 1.54) is 0 Å². The zero-order valence-corrected chi connectivity index (χ0v) is 25.6. The molecule has 0 aromatic rings. The molecule has 11 nitrogen and oxygen atoms in total. The number of carbonyl (C=O) groups excluding carboxylic acids is 2. The van der Waals surface area contributed by atoms with Gasteiger partial charge in [-0.05, 0) is 84.2 Å². The van der Waals surface area contributed by atoms with Gasteiger partial charge in [0.15, 0.2) is 11.7 Å². The Morgan fingerprint density at radius 3 is 2.67 bits per heavy atom. The number of nitrogens with one attached hydrogen (secondary N) is 1. The molecule has 0 radical (unpaired) electrons. The van der Waals surface area contributed by atoms with Crippen LogP contribution in [0, 0.1) is 5.92 Å². The molecule has 3 saturated heterocycles. The normalized spacial score (nSPS) is 35.4. The third kappa shape index (κ3) is 6.49. The van der Waals surface area contributed by atoms with Crippen LogP contribution < -0.4 is 16.8 Å². The second kappa shape index (κ2) is 13.6. The van der Waals surface area contributed by atoms with Crippen LogP contribution in [0.3, 0.4) is 0 Å². The maximum atomic E-state index is 13.9. The lowest BCUT2D eigenvalue weighted by atomic mass is 9.80. The Labute approximate surface area is 250 Å². The highest BCUT2D eigenvalue weighted by atomic mass is 16.6. The van der Waals surface area contributed by atoms with Crippen LogP contribution in [0.1, 0.15) is 90.9 Å². The highest BCUT2D eigenvalue weighted by molar-refractivity contribution is 5.87. The number of rotatable bonds is 11. The fourth-order valence-electron chi connectivity index (χ4n) is 7.69. The summed E-state index contributed by atoms with van der Waals surface area (Å²) in [5.74, 6) is -0.109. The topological polar surface area (TPSA) is 145 Å². The van der Waals surface area contributed by atoms with Crippen molar-refractivity contribution in [1.82, 2.24) is 15.1 Å². The summed E-state index contributed by atoms with van der Waals surface area (Å²) in [6.07, 6.45) is 14.0. The Hall–Kier alpha value is -2.21. The third-order valence-electron chi connectivity index (χ3n) is 9.69. The van der Waals surface area contributed by atoms with E-state index in [1.54, 1.807) is 4.90 Å². The van der Waals surface area contributed by atoms with Crippen molar-refractivity contribution in [1.29, 1.82) is 0 Å². The number of nitrogens with two attached hydrogens (primary N) is 2. The Kier molecular flexibility index (Phi) is 10.1. The summed E-state index contributed by atoms with van der Waals surface area (Å²) in [5, 5.41) is 3.74. The van der Waals surface area contributed by atoms with Crippen LogP contribution in [0.25, 0.3) is 0 Å². The Morgan fingerprint density at radius 2 is 1.95 bits per heavy atom. The average Bonchev–Trinajstić information content (AvgIpc) is 3.27. The Morgan fingerprint density at radius 1 is 1.17 bits per heavy atom. The number of nitrogens with zero attached hydrogens (tertiary/aromatic N) is 3. The van der Waals surface area contributed by atoms with Crippen molar-refractivity contribution in [2.75, 3.05) is 32.8 Å². The summed E-state index contributed by atoms with van der Waals surface area (Å²) < 4.78 is 19.2. The van der Waals surface area contributed by atoms with E-state index >= 15 is 0 Å². The molecule has 0 aromatic heterocycles. The van der Waals surface area contributed by atoms with E-state index < -0.39 is 17.4 Å². The van der Waals surface area contributed by atoms with Crippen LogP contribution >= 0.6 is 0 Å². The van der Waals surface area contributed by atoms with E-state index in [-0.39, 0.29) is 49.2 Å². The van der Waals surface area contributed by atoms with Gasteiger partial charge in [0, 0.05) is 25.6 Å². The molecular formula is C31H52N6O5. The first kappa shape index (κ1) is 31.2. The van der Waals surface area contributed by atoms with Gasteiger partial charge in [-0.15, -0.1) is 0 Å². The van der Waals surface area contributed by atoms with Crippen LogP contribution in [0.2, 0.25) is 0 Å². The molecule has 5 aliphatic heterocycles. The highest BCUT2D eigenvalue weighted by Gasteiger charge is 2.62. The standard InChI is InChI=1S/C31H52N6O5/c1-3-24-10-4-5-14-30(42-24)21-23-11-12-25-27(31(15-6-9-22(2)41-31)35-29(34-30)37(23)25)28(39)40-20-13-26(38)36(18-7-16-32)19-8-17-33/h4,10,22-25,27H,3,5-9,11-21,32-33H2,1-2H3,(H,34,35)/t22-,23+,24+,25-,27?,30+,31-/m1/s1. The van der Waals surface area contributed by atoms with E-state index in [9.17, 15) is 9.59 Å². The molecule has 5 rings (SSSR count). The molecule has 5 aliphatic rings. The summed E-state index contributed by atoms with van der Waals surface area (Å²) >= 11 is 0. The molecule has 236 valence electrons. The van der Waals surface area contributed by atoms with Crippen molar-refractivity contribution in [3.8, 4) is 0 Å². The largest absolute Gasteiger partial charge is 0.465 e. The minimum atomic E-state index is -0.989. The average molecular weight is 589 g/mol. The molecule has 3 fully saturated rings. The maximum Gasteiger partial charge on any atom is 0.316 e. The van der Waals surface area contributed by atoms with Crippen molar-refractivity contribution < 1.29 is 23.8 Å². The maximum absolute atomic E-state index is 13.9. The molecule has 42 heavy (non-hydrogen) atoms. The van der Waals surface area contributed by atoms with E-state index in [4.69, 9.17) is 30.7 Å². The number of carbonyl (C=O) groups is 2. The van der Waals surface area contributed by atoms with Gasteiger partial charge < -0.3 is 40.8 Å². The zero-order chi connectivity index (χ0) is 29.7. The van der Waals surface area contributed by atoms with Gasteiger partial charge in [0.25, 0.3) is 0 Å². The molecule has 1 unspecified atom stereocenters. The minimum Gasteiger partial charge on any atom is -0.465 e. The van der Waals surface area contributed by atoms with Gasteiger partial charge in [0.2, 0.25) is 5.91 Å². The van der Waals surface area contributed by atoms with Gasteiger partial charge in [-0.2, -0.15) is 0 Å². The number of amides is 1. The first-order valence-electron chi connectivity index (χ1n) is 16.4. The first-order valence-corrected chi connectivity index (χ1v) is 16.4. The molecule has 0 bridgehead atoms. The summed E-state index contributed by atoms with van der Waals surface area (Å²) in [7, 11) is 0. The van der Waals surface area contributed by atoms with Gasteiger partial charge in [0.1, 0.15) is 18.2 Å². The second-order valence-corrected chi connectivity index (χ2v) is 12.7. The van der Waals surface area contributed by atoms with E-state index in [0.717, 1.165) is 70.2 Å². The Balaban J connectivity index is 1.34. The zero-order valence-electron chi connectivity index (χ0n) is 25.6. The smallest absolute Gasteiger partial charge is 0.316 e. The van der Waals surface area contributed by atoms with Gasteiger partial charge in [-0.25, -0.2) is 4.99 Å². The molecular weight excluding hydrogens is 536 g/mol. The number of guanidine groups is 1. The third-order valence-corrected chi connectivity index (χ3v) is 9.69. The van der Waals surface area contributed by atoms with E-state index in [2.05, 4.69) is 36.2 Å². The predicted octanol–water partition coefficient (Wildman–Crippen LogP) is 2.38. The van der Waals surface area contributed by atoms with Crippen LogP contribution in [-0.2, 0) is 23.8 Å². The molecule has 11 heteroatoms. The minimum absolute atomic E-state index is 0.0114. The number of aliphatic imine (C=N–C) groups is 1. The van der Waals surface area contributed by atoms with Crippen LogP contribution in [0.4, 0.5) is 0 Å². The highest BCUT2D eigenvalue weighted by Crippen LogP contribution is 2.50. The van der Waals surface area contributed by atoms with Gasteiger partial charge >= 0.3 is 5.97 Å². The molecule has 0 saturated carbocycles. The van der Waals surface area contributed by atoms with Gasteiger partial charge in [-0.3, -0.25) is 9.59 Å². The SMILES string of the molecule is CC[C@H]1C=CCC[C@@]2(C[C@@H]3CC[C@@H]4C(C(=O)OCCC(=O)N(CCCN)CCCN)[C@]5(CCC[C@@H](C)O5)N=C(N2)N34)O1. The van der Waals surface area contributed by atoms with Crippen molar-refractivity contribution in [3.05, 3.63) is 12.2 Å². The summed E-state index contributed by atoms with van der Waals surface area (Å²) in [6, 6.07) is 0.164. The van der Waals surface area contributed by atoms with Crippen LogP contribution in [0.5, 0.6) is 0 Å². The molecule has 5 heterocycles. The lowest BCUT2D eigenvalue weighted by Crippen LogP contribution is -2.71. The fourth-order valence-corrected chi connectivity index (χ4v) is 7.69. The first-order chi connectivity index (χ1) is 20.3. The van der Waals surface area contributed by atoms with Crippen LogP contribution in [0.15, 0.2) is 17.1 Å². The summed E-state index contributed by atoms with van der Waals surface area (Å²) in [5.41, 5.74) is 9.87. The molecule has 2 spiro atoms. The lowest BCUT2D eigenvalue weighted by Gasteiger charge is -2.55. The van der Waals surface area contributed by atoms with Gasteiger partial charge in [0.05, 0.1) is 24.7 Å². The molecule has 0 aliphatic carbocycles. The number of hydrogen-bond acceptors (Lipinski definition) is 10. The van der Waals surface area contributed by atoms with E-state index in [1.807, 2.05) is 0 Å². The molecule has 1 amide bonds. The second-order valence-electron chi connectivity index (χ2n) is 12.7. The van der Waals surface area contributed by atoms with Crippen molar-refractivity contribution in [2.45, 2.75) is 127 Å².